The Morgan fingerprint density at radius 3 is 2.86 bits per heavy atom. The predicted octanol–water partition coefficient (Wildman–Crippen LogP) is 2.43. The minimum atomic E-state index is -3.28. The van der Waals surface area contributed by atoms with E-state index in [0.717, 1.165) is 19.4 Å². The second-order valence-corrected chi connectivity index (χ2v) is 8.73. The molecule has 1 aromatic carbocycles. The van der Waals surface area contributed by atoms with Crippen LogP contribution in [0.4, 0.5) is 23.1 Å². The molecule has 1 fully saturated rings. The van der Waals surface area contributed by atoms with Crippen molar-refractivity contribution in [2.75, 3.05) is 29.1 Å². The number of sulfonamides is 1. The summed E-state index contributed by atoms with van der Waals surface area (Å²) >= 11 is 0. The van der Waals surface area contributed by atoms with Crippen LogP contribution in [0.15, 0.2) is 36.5 Å². The van der Waals surface area contributed by atoms with Crippen LogP contribution >= 0.6 is 0 Å². The topological polar surface area (TPSA) is 130 Å². The Balaban J connectivity index is 1.73. The van der Waals surface area contributed by atoms with Crippen LogP contribution in [0.3, 0.4) is 0 Å². The first-order valence-electron chi connectivity index (χ1n) is 9.46. The van der Waals surface area contributed by atoms with Crippen LogP contribution in [0, 0.1) is 10.1 Å². The molecule has 0 bridgehead atoms. The summed E-state index contributed by atoms with van der Waals surface area (Å²) in [6.45, 7) is 3.08. The number of hydrogen-bond acceptors (Lipinski definition) is 8. The van der Waals surface area contributed by atoms with Gasteiger partial charge < -0.3 is 10.2 Å². The number of rotatable bonds is 8. The first-order chi connectivity index (χ1) is 13.9. The number of nitro groups is 1. The molecule has 1 atom stereocenters. The molecule has 11 heteroatoms. The van der Waals surface area contributed by atoms with Crippen molar-refractivity contribution in [2.24, 2.45) is 0 Å². The lowest BCUT2D eigenvalue weighted by molar-refractivity contribution is -0.383. The van der Waals surface area contributed by atoms with Gasteiger partial charge in [-0.3, -0.25) is 10.1 Å². The lowest BCUT2D eigenvalue weighted by Gasteiger charge is -2.33. The lowest BCUT2D eigenvalue weighted by Crippen LogP contribution is -2.48. The van der Waals surface area contributed by atoms with Crippen molar-refractivity contribution in [3.05, 3.63) is 46.6 Å². The van der Waals surface area contributed by atoms with Gasteiger partial charge in [-0.25, -0.2) is 18.1 Å². The summed E-state index contributed by atoms with van der Waals surface area (Å²) in [5.74, 6) is 0.993. The Kier molecular flexibility index (Phi) is 6.60. The lowest BCUT2D eigenvalue weighted by atomic mass is 10.1. The van der Waals surface area contributed by atoms with Gasteiger partial charge in [0.25, 0.3) is 5.69 Å². The monoisotopic (exact) mass is 420 g/mol. The molecule has 1 aliphatic heterocycles. The molecule has 1 aromatic heterocycles. The number of hydrogen-bond donors (Lipinski definition) is 2. The van der Waals surface area contributed by atoms with Crippen molar-refractivity contribution in [3.8, 4) is 0 Å². The smallest absolute Gasteiger partial charge is 0.292 e. The number of nitrogens with one attached hydrogen (secondary N) is 2. The summed E-state index contributed by atoms with van der Waals surface area (Å²) in [7, 11) is -3.28. The maximum Gasteiger partial charge on any atom is 0.292 e. The van der Waals surface area contributed by atoms with E-state index in [-0.39, 0.29) is 23.4 Å². The Morgan fingerprint density at radius 2 is 2.10 bits per heavy atom. The fourth-order valence-electron chi connectivity index (χ4n) is 3.31. The molecular weight excluding hydrogens is 396 g/mol. The summed E-state index contributed by atoms with van der Waals surface area (Å²) in [4.78, 5) is 21.3. The Labute approximate surface area is 169 Å². The molecule has 0 saturated carbocycles. The highest BCUT2D eigenvalue weighted by Gasteiger charge is 2.25. The standard InChI is InChI=1S/C18H24N6O4S/c1-2-12-29(27,28)22-14-6-5-11-23(13-14)17-9-10-19-18(21-17)20-15-7-3-4-8-16(15)24(25)26/h3-4,7-10,14,22H,2,5-6,11-13H2,1H3,(H,19,20,21). The van der Waals surface area contributed by atoms with E-state index >= 15 is 0 Å². The van der Waals surface area contributed by atoms with Crippen molar-refractivity contribution >= 4 is 33.2 Å². The van der Waals surface area contributed by atoms with E-state index in [4.69, 9.17) is 0 Å². The molecule has 29 heavy (non-hydrogen) atoms. The second kappa shape index (κ2) is 9.14. The molecule has 3 rings (SSSR count). The average molecular weight is 420 g/mol. The number of para-hydroxylation sites is 2. The summed E-state index contributed by atoms with van der Waals surface area (Å²) in [5, 5.41) is 14.1. The fourth-order valence-corrected chi connectivity index (χ4v) is 4.66. The first-order valence-corrected chi connectivity index (χ1v) is 11.1. The Morgan fingerprint density at radius 1 is 1.31 bits per heavy atom. The summed E-state index contributed by atoms with van der Waals surface area (Å²) in [6.07, 6.45) is 3.74. The number of benzene rings is 1. The highest BCUT2D eigenvalue weighted by Crippen LogP contribution is 2.26. The van der Waals surface area contributed by atoms with E-state index in [0.29, 0.717) is 24.5 Å². The minimum absolute atomic E-state index is 0.0649. The van der Waals surface area contributed by atoms with Crippen LogP contribution in [-0.4, -0.2) is 48.2 Å². The van der Waals surface area contributed by atoms with Gasteiger partial charge in [-0.1, -0.05) is 19.1 Å². The van der Waals surface area contributed by atoms with E-state index in [1.54, 1.807) is 30.5 Å². The molecule has 0 radical (unpaired) electrons. The zero-order chi connectivity index (χ0) is 20.9. The molecule has 2 aromatic rings. The van der Waals surface area contributed by atoms with E-state index in [2.05, 4.69) is 20.0 Å². The third-order valence-corrected chi connectivity index (χ3v) is 6.19. The molecule has 0 spiro atoms. The molecule has 10 nitrogen and oxygen atoms in total. The Hall–Kier alpha value is -2.79. The second-order valence-electron chi connectivity index (χ2n) is 6.86. The normalized spacial score (nSPS) is 17.1. The minimum Gasteiger partial charge on any atom is -0.355 e. The number of nitrogens with zero attached hydrogens (tertiary/aromatic N) is 4. The molecule has 1 aliphatic rings. The molecule has 0 amide bonds. The van der Waals surface area contributed by atoms with Gasteiger partial charge in [0, 0.05) is 31.4 Å². The number of anilines is 3. The van der Waals surface area contributed by atoms with E-state index < -0.39 is 14.9 Å². The van der Waals surface area contributed by atoms with Crippen molar-refractivity contribution < 1.29 is 13.3 Å². The summed E-state index contributed by atoms with van der Waals surface area (Å²) in [5.41, 5.74) is 0.239. The van der Waals surface area contributed by atoms with Gasteiger partial charge in [0.05, 0.1) is 10.7 Å². The zero-order valence-electron chi connectivity index (χ0n) is 16.1. The first kappa shape index (κ1) is 20.9. The van der Waals surface area contributed by atoms with Gasteiger partial charge in [0.2, 0.25) is 16.0 Å². The van der Waals surface area contributed by atoms with E-state index in [9.17, 15) is 18.5 Å². The van der Waals surface area contributed by atoms with Gasteiger partial charge in [-0.15, -0.1) is 0 Å². The molecule has 2 heterocycles. The maximum absolute atomic E-state index is 12.1. The molecule has 156 valence electrons. The predicted molar refractivity (Wildman–Crippen MR) is 111 cm³/mol. The van der Waals surface area contributed by atoms with Gasteiger partial charge in [-0.2, -0.15) is 4.98 Å². The fraction of sp³-hybridized carbons (Fsp3) is 0.444. The zero-order valence-corrected chi connectivity index (χ0v) is 16.9. The SMILES string of the molecule is CCCS(=O)(=O)NC1CCCN(c2ccnc(Nc3ccccc3[N+](=O)[O-])n2)C1. The van der Waals surface area contributed by atoms with Crippen LogP contribution < -0.4 is 14.9 Å². The van der Waals surface area contributed by atoms with Crippen LogP contribution in [0.25, 0.3) is 0 Å². The van der Waals surface area contributed by atoms with Gasteiger partial charge in [0.15, 0.2) is 0 Å². The maximum atomic E-state index is 12.1. The van der Waals surface area contributed by atoms with Crippen LogP contribution in [0.2, 0.25) is 0 Å². The third kappa shape index (κ3) is 5.61. The van der Waals surface area contributed by atoms with Crippen LogP contribution in [-0.2, 0) is 10.0 Å². The number of piperidine rings is 1. The molecule has 2 N–H and O–H groups in total. The Bertz CT molecular complexity index is 968. The van der Waals surface area contributed by atoms with Gasteiger partial charge in [0.1, 0.15) is 11.5 Å². The van der Waals surface area contributed by atoms with E-state index in [1.165, 1.54) is 6.07 Å². The van der Waals surface area contributed by atoms with Crippen molar-refractivity contribution in [2.45, 2.75) is 32.2 Å². The van der Waals surface area contributed by atoms with Crippen LogP contribution in [0.5, 0.6) is 0 Å². The van der Waals surface area contributed by atoms with Crippen molar-refractivity contribution in [3.63, 3.8) is 0 Å². The van der Waals surface area contributed by atoms with Gasteiger partial charge >= 0.3 is 0 Å². The molecule has 1 saturated heterocycles. The summed E-state index contributed by atoms with van der Waals surface area (Å²) in [6, 6.07) is 7.84. The number of aromatic nitrogens is 2. The van der Waals surface area contributed by atoms with Crippen LogP contribution in [0.1, 0.15) is 26.2 Å². The third-order valence-electron chi connectivity index (χ3n) is 4.55. The quantitative estimate of drug-likeness (QED) is 0.492. The summed E-state index contributed by atoms with van der Waals surface area (Å²) < 4.78 is 26.9. The van der Waals surface area contributed by atoms with E-state index in [1.807, 2.05) is 11.8 Å². The largest absolute Gasteiger partial charge is 0.355 e. The molecular formula is C18H24N6O4S. The number of nitro benzene ring substituents is 1. The van der Waals surface area contributed by atoms with Crippen molar-refractivity contribution in [1.29, 1.82) is 0 Å². The average Bonchev–Trinajstić information content (AvgIpc) is 2.68. The molecule has 0 aliphatic carbocycles. The highest BCUT2D eigenvalue weighted by atomic mass is 32.2. The highest BCUT2D eigenvalue weighted by molar-refractivity contribution is 7.89. The molecule has 1 unspecified atom stereocenters. The van der Waals surface area contributed by atoms with Crippen molar-refractivity contribution in [1.82, 2.24) is 14.7 Å². The van der Waals surface area contributed by atoms with Gasteiger partial charge in [-0.05, 0) is 31.4 Å².